The van der Waals surface area contributed by atoms with E-state index in [2.05, 4.69) is 35.9 Å². The predicted octanol–water partition coefficient (Wildman–Crippen LogP) is 2.48. The first kappa shape index (κ1) is 19.1. The van der Waals surface area contributed by atoms with Gasteiger partial charge in [0.2, 0.25) is 11.8 Å². The van der Waals surface area contributed by atoms with E-state index in [-0.39, 0.29) is 17.9 Å². The summed E-state index contributed by atoms with van der Waals surface area (Å²) < 4.78 is 6.24. The molecule has 2 saturated heterocycles. The van der Waals surface area contributed by atoms with Gasteiger partial charge in [-0.15, -0.1) is 0 Å². The van der Waals surface area contributed by atoms with Gasteiger partial charge in [-0.2, -0.15) is 0 Å². The molecule has 0 radical (unpaired) electrons. The fourth-order valence-corrected chi connectivity index (χ4v) is 4.98. The lowest BCUT2D eigenvalue weighted by atomic mass is 9.76. The van der Waals surface area contributed by atoms with Gasteiger partial charge in [0.1, 0.15) is 11.4 Å². The average Bonchev–Trinajstić information content (AvgIpc) is 3.50. The number of H-pyrrole nitrogens is 1. The summed E-state index contributed by atoms with van der Waals surface area (Å²) in [6.07, 6.45) is 6.97. The highest BCUT2D eigenvalue weighted by molar-refractivity contribution is 6.03. The van der Waals surface area contributed by atoms with E-state index in [4.69, 9.17) is 4.74 Å². The van der Waals surface area contributed by atoms with Crippen LogP contribution in [0.15, 0.2) is 48.8 Å². The zero-order valence-corrected chi connectivity index (χ0v) is 17.4. The van der Waals surface area contributed by atoms with Crippen molar-refractivity contribution in [2.45, 2.75) is 38.0 Å². The van der Waals surface area contributed by atoms with E-state index in [1.54, 1.807) is 29.2 Å². The lowest BCUT2D eigenvalue weighted by Gasteiger charge is -2.27. The first-order chi connectivity index (χ1) is 14.4. The van der Waals surface area contributed by atoms with Crippen LogP contribution in [0.2, 0.25) is 0 Å². The Morgan fingerprint density at radius 1 is 1.37 bits per heavy atom. The molecular formula is C23H26N4O3. The number of nitrogens with one attached hydrogen (secondary N) is 1. The summed E-state index contributed by atoms with van der Waals surface area (Å²) in [5, 5.41) is 0. The van der Waals surface area contributed by atoms with Gasteiger partial charge in [-0.05, 0) is 23.6 Å². The van der Waals surface area contributed by atoms with Crippen molar-refractivity contribution in [3.63, 3.8) is 0 Å². The van der Waals surface area contributed by atoms with Crippen molar-refractivity contribution in [2.24, 2.45) is 11.8 Å². The Morgan fingerprint density at radius 2 is 2.13 bits per heavy atom. The van der Waals surface area contributed by atoms with Crippen LogP contribution in [-0.2, 0) is 20.9 Å². The molecule has 3 aliphatic heterocycles. The number of carbonyl (C=O) groups is 2. The number of fused-ring (bicyclic) bond motifs is 1. The van der Waals surface area contributed by atoms with Crippen LogP contribution in [0.3, 0.4) is 0 Å². The predicted molar refractivity (Wildman–Crippen MR) is 112 cm³/mol. The minimum atomic E-state index is -0.718. The van der Waals surface area contributed by atoms with Crippen LogP contribution >= 0.6 is 0 Å². The molecule has 2 unspecified atom stereocenters. The van der Waals surface area contributed by atoms with Crippen LogP contribution in [0.4, 0.5) is 5.69 Å². The van der Waals surface area contributed by atoms with Gasteiger partial charge in [-0.25, -0.2) is 4.98 Å². The van der Waals surface area contributed by atoms with Gasteiger partial charge in [0.15, 0.2) is 0 Å². The number of anilines is 1. The van der Waals surface area contributed by atoms with E-state index < -0.39 is 17.4 Å². The maximum absolute atomic E-state index is 13.5. The smallest absolute Gasteiger partial charge is 0.234 e. The molecule has 30 heavy (non-hydrogen) atoms. The molecule has 1 aromatic heterocycles. The minimum Gasteiger partial charge on any atom is -0.360 e. The summed E-state index contributed by atoms with van der Waals surface area (Å²) in [7, 11) is 1.75. The summed E-state index contributed by atoms with van der Waals surface area (Å²) in [6, 6.07) is 8.10. The summed E-state index contributed by atoms with van der Waals surface area (Å²) in [5.74, 6) is 0.0118. The second-order valence-corrected chi connectivity index (χ2v) is 8.80. The summed E-state index contributed by atoms with van der Waals surface area (Å²) >= 11 is 0. The first-order valence-corrected chi connectivity index (χ1v) is 10.4. The molecule has 0 aliphatic carbocycles. The van der Waals surface area contributed by atoms with Crippen molar-refractivity contribution < 1.29 is 14.3 Å². The SMILES string of the molecule is CC(C)c1ccc(N2C[C@@]34C=C[C@@H](O3)C(C(=O)N(C)Cc3ncc[nH]3)C4C2=O)cc1. The number of rotatable bonds is 5. The van der Waals surface area contributed by atoms with Gasteiger partial charge < -0.3 is 19.5 Å². The molecule has 156 valence electrons. The van der Waals surface area contributed by atoms with Crippen molar-refractivity contribution in [1.29, 1.82) is 0 Å². The van der Waals surface area contributed by atoms with Gasteiger partial charge in [0, 0.05) is 25.1 Å². The number of ether oxygens (including phenoxy) is 1. The molecule has 7 heteroatoms. The summed E-state index contributed by atoms with van der Waals surface area (Å²) in [4.78, 5) is 37.4. The number of amides is 2. The quantitative estimate of drug-likeness (QED) is 0.774. The van der Waals surface area contributed by atoms with Crippen molar-refractivity contribution in [2.75, 3.05) is 18.5 Å². The van der Waals surface area contributed by atoms with Crippen LogP contribution < -0.4 is 4.90 Å². The Labute approximate surface area is 175 Å². The van der Waals surface area contributed by atoms with Crippen molar-refractivity contribution in [1.82, 2.24) is 14.9 Å². The van der Waals surface area contributed by atoms with Crippen molar-refractivity contribution in [3.8, 4) is 0 Å². The van der Waals surface area contributed by atoms with Gasteiger partial charge >= 0.3 is 0 Å². The molecule has 1 spiro atoms. The van der Waals surface area contributed by atoms with Crippen LogP contribution in [-0.4, -0.2) is 52.0 Å². The molecule has 2 bridgehead atoms. The van der Waals surface area contributed by atoms with Gasteiger partial charge in [0.25, 0.3) is 0 Å². The molecule has 4 heterocycles. The second-order valence-electron chi connectivity index (χ2n) is 8.80. The Balaban J connectivity index is 1.40. The third kappa shape index (κ3) is 2.80. The van der Waals surface area contributed by atoms with Crippen LogP contribution in [0.1, 0.15) is 31.2 Å². The molecule has 0 saturated carbocycles. The zero-order valence-electron chi connectivity index (χ0n) is 17.4. The maximum atomic E-state index is 13.5. The molecule has 4 atom stereocenters. The van der Waals surface area contributed by atoms with Crippen LogP contribution in [0.5, 0.6) is 0 Å². The summed E-state index contributed by atoms with van der Waals surface area (Å²) in [6.45, 7) is 5.10. The van der Waals surface area contributed by atoms with E-state index in [0.717, 1.165) is 5.69 Å². The fraction of sp³-hybridized carbons (Fsp3) is 0.435. The van der Waals surface area contributed by atoms with Crippen LogP contribution in [0.25, 0.3) is 0 Å². The van der Waals surface area contributed by atoms with Gasteiger partial charge in [-0.3, -0.25) is 9.59 Å². The number of nitrogens with zero attached hydrogens (tertiary/aromatic N) is 3. The minimum absolute atomic E-state index is 0.0381. The highest BCUT2D eigenvalue weighted by atomic mass is 16.5. The van der Waals surface area contributed by atoms with E-state index in [9.17, 15) is 9.59 Å². The number of benzene rings is 1. The number of aromatic amines is 1. The third-order valence-electron chi connectivity index (χ3n) is 6.57. The maximum Gasteiger partial charge on any atom is 0.234 e. The number of hydrogen-bond donors (Lipinski definition) is 1. The first-order valence-electron chi connectivity index (χ1n) is 10.4. The Hall–Kier alpha value is -2.93. The van der Waals surface area contributed by atoms with E-state index in [1.807, 2.05) is 24.3 Å². The number of hydrogen-bond acceptors (Lipinski definition) is 4. The molecule has 2 fully saturated rings. The molecule has 3 aliphatic rings. The van der Waals surface area contributed by atoms with E-state index in [0.29, 0.717) is 24.8 Å². The fourth-order valence-electron chi connectivity index (χ4n) is 4.98. The lowest BCUT2D eigenvalue weighted by molar-refractivity contribution is -0.139. The number of aromatic nitrogens is 2. The molecular weight excluding hydrogens is 380 g/mol. The van der Waals surface area contributed by atoms with Gasteiger partial charge in [-0.1, -0.05) is 38.1 Å². The van der Waals surface area contributed by atoms with Crippen molar-refractivity contribution >= 4 is 17.5 Å². The lowest BCUT2D eigenvalue weighted by Crippen LogP contribution is -2.44. The topological polar surface area (TPSA) is 78.5 Å². The third-order valence-corrected chi connectivity index (χ3v) is 6.57. The van der Waals surface area contributed by atoms with Crippen LogP contribution in [0, 0.1) is 11.8 Å². The normalized spacial score (nSPS) is 29.1. The van der Waals surface area contributed by atoms with E-state index >= 15 is 0 Å². The number of imidazole rings is 1. The molecule has 5 rings (SSSR count). The Kier molecular flexibility index (Phi) is 4.32. The zero-order chi connectivity index (χ0) is 21.0. The molecule has 1 aromatic carbocycles. The van der Waals surface area contributed by atoms with E-state index in [1.165, 1.54) is 5.56 Å². The summed E-state index contributed by atoms with van der Waals surface area (Å²) in [5.41, 5.74) is 1.36. The molecule has 2 aromatic rings. The number of carbonyl (C=O) groups excluding carboxylic acids is 2. The highest BCUT2D eigenvalue weighted by Gasteiger charge is 2.67. The van der Waals surface area contributed by atoms with Gasteiger partial charge in [0.05, 0.1) is 31.0 Å². The largest absolute Gasteiger partial charge is 0.360 e. The standard InChI is InChI=1S/C23H26N4O3/c1-14(2)15-4-6-16(7-5-15)27-13-23-9-8-17(30-23)19(20(23)22(27)29)21(28)26(3)12-18-24-10-11-25-18/h4-11,14,17,19-20H,12-13H2,1-3H3,(H,24,25)/t17-,19?,20?,23-/m1/s1. The monoisotopic (exact) mass is 406 g/mol. The van der Waals surface area contributed by atoms with Crippen molar-refractivity contribution in [3.05, 3.63) is 60.2 Å². The highest BCUT2D eigenvalue weighted by Crippen LogP contribution is 2.53. The Morgan fingerprint density at radius 3 is 2.80 bits per heavy atom. The Bertz CT molecular complexity index is 998. The molecule has 2 amide bonds. The molecule has 1 N–H and O–H groups in total. The average molecular weight is 406 g/mol. The molecule has 7 nitrogen and oxygen atoms in total. The second kappa shape index (κ2) is 6.80.